The molecule has 0 spiro atoms. The third-order valence-electron chi connectivity index (χ3n) is 6.69. The van der Waals surface area contributed by atoms with Crippen LogP contribution in [0.4, 0.5) is 0 Å². The first-order chi connectivity index (χ1) is 9.93. The van der Waals surface area contributed by atoms with Gasteiger partial charge in [-0.3, -0.25) is 0 Å². The topological polar surface area (TPSA) is 12.0 Å². The van der Waals surface area contributed by atoms with Crippen molar-refractivity contribution in [2.24, 2.45) is 22.7 Å². The first-order valence-corrected chi connectivity index (χ1v) is 9.49. The molecular weight excluding hydrogens is 274 g/mol. The SMILES string of the molecule is CNC(c1cc(C)sc1C)C12CC3CC(CC(C)(C3)C1)C2. The van der Waals surface area contributed by atoms with E-state index in [1.807, 2.05) is 11.3 Å². The van der Waals surface area contributed by atoms with Crippen LogP contribution >= 0.6 is 11.3 Å². The summed E-state index contributed by atoms with van der Waals surface area (Å²) in [5.41, 5.74) is 2.77. The van der Waals surface area contributed by atoms with E-state index in [9.17, 15) is 0 Å². The van der Waals surface area contributed by atoms with E-state index in [-0.39, 0.29) is 0 Å². The van der Waals surface area contributed by atoms with E-state index in [1.54, 1.807) is 5.56 Å². The first kappa shape index (κ1) is 14.3. The Morgan fingerprint density at radius 1 is 1.19 bits per heavy atom. The molecule has 1 heterocycles. The number of hydrogen-bond acceptors (Lipinski definition) is 2. The molecule has 1 N–H and O–H groups in total. The Kier molecular flexibility index (Phi) is 3.11. The van der Waals surface area contributed by atoms with Gasteiger partial charge in [0.2, 0.25) is 0 Å². The summed E-state index contributed by atoms with van der Waals surface area (Å²) in [5, 5.41) is 3.75. The maximum Gasteiger partial charge on any atom is 0.0386 e. The van der Waals surface area contributed by atoms with Crippen molar-refractivity contribution < 1.29 is 0 Å². The van der Waals surface area contributed by atoms with E-state index in [2.05, 4.69) is 39.2 Å². The standard InChI is InChI=1S/C19H29NS/c1-12-5-16(13(2)21-12)17(20-4)19-9-14-6-15(10-19)8-18(3,7-14)11-19/h5,14-15,17,20H,6-11H2,1-4H3. The van der Waals surface area contributed by atoms with Crippen LogP contribution in [0.5, 0.6) is 0 Å². The summed E-state index contributed by atoms with van der Waals surface area (Å²) in [6.45, 7) is 7.16. The normalized spacial score (nSPS) is 42.5. The summed E-state index contributed by atoms with van der Waals surface area (Å²) in [7, 11) is 2.19. The molecule has 0 radical (unpaired) electrons. The molecule has 1 aromatic rings. The van der Waals surface area contributed by atoms with Gasteiger partial charge < -0.3 is 5.32 Å². The molecule has 4 saturated carbocycles. The van der Waals surface area contributed by atoms with Gasteiger partial charge in [-0.1, -0.05) is 6.92 Å². The first-order valence-electron chi connectivity index (χ1n) is 8.67. The molecule has 1 aromatic heterocycles. The van der Waals surface area contributed by atoms with E-state index < -0.39 is 0 Å². The third kappa shape index (κ3) is 2.13. The smallest absolute Gasteiger partial charge is 0.0386 e. The second kappa shape index (κ2) is 4.58. The molecule has 2 heteroatoms. The van der Waals surface area contributed by atoms with Gasteiger partial charge in [-0.15, -0.1) is 11.3 Å². The van der Waals surface area contributed by atoms with Crippen LogP contribution in [0, 0.1) is 36.5 Å². The zero-order chi connectivity index (χ0) is 14.8. The highest BCUT2D eigenvalue weighted by Gasteiger charge is 2.58. The van der Waals surface area contributed by atoms with E-state index in [1.165, 1.54) is 48.3 Å². The van der Waals surface area contributed by atoms with Crippen molar-refractivity contribution in [3.63, 3.8) is 0 Å². The summed E-state index contributed by atoms with van der Waals surface area (Å²) in [4.78, 5) is 3.01. The van der Waals surface area contributed by atoms with Crippen LogP contribution in [0.25, 0.3) is 0 Å². The van der Waals surface area contributed by atoms with Crippen molar-refractivity contribution >= 4 is 11.3 Å². The average molecular weight is 304 g/mol. The quantitative estimate of drug-likeness (QED) is 0.806. The van der Waals surface area contributed by atoms with E-state index in [4.69, 9.17) is 0 Å². The number of hydrogen-bond donors (Lipinski definition) is 1. The molecule has 1 nitrogen and oxygen atoms in total. The minimum atomic E-state index is 0.534. The lowest BCUT2D eigenvalue weighted by Crippen LogP contribution is -2.55. The van der Waals surface area contributed by atoms with Crippen molar-refractivity contribution in [1.29, 1.82) is 0 Å². The Balaban J connectivity index is 1.75. The summed E-state index contributed by atoms with van der Waals surface area (Å²) in [5.74, 6) is 2.01. The fourth-order valence-electron chi connectivity index (χ4n) is 6.86. The van der Waals surface area contributed by atoms with Gasteiger partial charge in [0.15, 0.2) is 0 Å². The Hall–Kier alpha value is -0.340. The lowest BCUT2D eigenvalue weighted by atomic mass is 9.43. The highest BCUT2D eigenvalue weighted by atomic mass is 32.1. The predicted octanol–water partition coefficient (Wildman–Crippen LogP) is 5.23. The van der Waals surface area contributed by atoms with Crippen LogP contribution < -0.4 is 5.32 Å². The molecule has 4 aliphatic rings. The molecule has 3 atom stereocenters. The maximum absolute atomic E-state index is 3.75. The molecule has 3 unspecified atom stereocenters. The molecule has 21 heavy (non-hydrogen) atoms. The highest BCUT2D eigenvalue weighted by molar-refractivity contribution is 7.12. The maximum atomic E-state index is 3.75. The van der Waals surface area contributed by atoms with Crippen molar-refractivity contribution in [3.05, 3.63) is 21.4 Å². The van der Waals surface area contributed by atoms with E-state index in [0.717, 1.165) is 11.8 Å². The van der Waals surface area contributed by atoms with Gasteiger partial charge in [0.1, 0.15) is 0 Å². The number of aryl methyl sites for hydroxylation is 2. The monoisotopic (exact) mass is 303 g/mol. The Morgan fingerprint density at radius 3 is 2.33 bits per heavy atom. The number of rotatable bonds is 3. The molecule has 4 aliphatic carbocycles. The molecule has 0 saturated heterocycles. The van der Waals surface area contributed by atoms with Crippen molar-refractivity contribution in [2.75, 3.05) is 7.05 Å². The molecule has 5 rings (SSSR count). The summed E-state index contributed by atoms with van der Waals surface area (Å²) in [6, 6.07) is 3.04. The van der Waals surface area contributed by atoms with Gasteiger partial charge in [-0.05, 0) is 93.7 Å². The Labute approximate surface area is 133 Å². The molecule has 0 amide bonds. The molecule has 116 valence electrons. The van der Waals surface area contributed by atoms with Crippen molar-refractivity contribution in [2.45, 2.75) is 65.3 Å². The van der Waals surface area contributed by atoms with Crippen LogP contribution in [0.2, 0.25) is 0 Å². The summed E-state index contributed by atoms with van der Waals surface area (Å²) >= 11 is 1.98. The lowest BCUT2D eigenvalue weighted by molar-refractivity contribution is -0.118. The summed E-state index contributed by atoms with van der Waals surface area (Å²) in [6.07, 6.45) is 8.92. The van der Waals surface area contributed by atoms with Crippen LogP contribution in [-0.4, -0.2) is 7.05 Å². The highest BCUT2D eigenvalue weighted by Crippen LogP contribution is 2.68. The minimum absolute atomic E-state index is 0.534. The molecule has 4 fully saturated rings. The molecule has 4 bridgehead atoms. The van der Waals surface area contributed by atoms with Gasteiger partial charge in [-0.2, -0.15) is 0 Å². The van der Waals surface area contributed by atoms with Crippen molar-refractivity contribution in [3.8, 4) is 0 Å². The van der Waals surface area contributed by atoms with E-state index >= 15 is 0 Å². The number of nitrogens with one attached hydrogen (secondary N) is 1. The van der Waals surface area contributed by atoms with Crippen molar-refractivity contribution in [1.82, 2.24) is 5.32 Å². The van der Waals surface area contributed by atoms with E-state index in [0.29, 0.717) is 16.9 Å². The lowest BCUT2D eigenvalue weighted by Gasteiger charge is -2.63. The minimum Gasteiger partial charge on any atom is -0.312 e. The largest absolute Gasteiger partial charge is 0.312 e. The third-order valence-corrected chi connectivity index (χ3v) is 7.67. The van der Waals surface area contributed by atoms with Crippen LogP contribution in [0.15, 0.2) is 6.07 Å². The zero-order valence-corrected chi connectivity index (χ0v) is 14.8. The van der Waals surface area contributed by atoms with Crippen LogP contribution in [0.1, 0.15) is 66.8 Å². The van der Waals surface area contributed by atoms with Gasteiger partial charge in [0, 0.05) is 15.8 Å². The fourth-order valence-corrected chi connectivity index (χ4v) is 7.83. The fraction of sp³-hybridized carbons (Fsp3) is 0.789. The molecule has 0 aromatic carbocycles. The molecular formula is C19H29NS. The van der Waals surface area contributed by atoms with Crippen LogP contribution in [-0.2, 0) is 0 Å². The molecule has 0 aliphatic heterocycles. The van der Waals surface area contributed by atoms with Gasteiger partial charge in [0.25, 0.3) is 0 Å². The second-order valence-electron chi connectivity index (χ2n) is 8.72. The van der Waals surface area contributed by atoms with Gasteiger partial charge in [-0.25, -0.2) is 0 Å². The average Bonchev–Trinajstić information content (AvgIpc) is 2.65. The second-order valence-corrected chi connectivity index (χ2v) is 10.2. The zero-order valence-electron chi connectivity index (χ0n) is 14.0. The van der Waals surface area contributed by atoms with Gasteiger partial charge in [0.05, 0.1) is 0 Å². The van der Waals surface area contributed by atoms with Gasteiger partial charge >= 0.3 is 0 Å². The number of thiophene rings is 1. The van der Waals surface area contributed by atoms with Crippen LogP contribution in [0.3, 0.4) is 0 Å². The Morgan fingerprint density at radius 2 is 1.86 bits per heavy atom. The summed E-state index contributed by atoms with van der Waals surface area (Å²) < 4.78 is 0. The Bertz CT molecular complexity index is 544. The predicted molar refractivity (Wildman–Crippen MR) is 90.8 cm³/mol.